The summed E-state index contributed by atoms with van der Waals surface area (Å²) in [5, 5.41) is 7.95. The van der Waals surface area contributed by atoms with Crippen LogP contribution >= 0.6 is 11.3 Å². The second-order valence-corrected chi connectivity index (χ2v) is 6.31. The lowest BCUT2D eigenvalue weighted by Crippen LogP contribution is -2.42. The Labute approximate surface area is 109 Å². The van der Waals surface area contributed by atoms with Crippen molar-refractivity contribution in [1.82, 2.24) is 10.2 Å². The van der Waals surface area contributed by atoms with Gasteiger partial charge in [-0.3, -0.25) is 4.90 Å². The highest BCUT2D eigenvalue weighted by Crippen LogP contribution is 2.27. The molecular formula is C14H24N2S. The monoisotopic (exact) mass is 252 g/mol. The van der Waals surface area contributed by atoms with Crippen LogP contribution in [0.2, 0.25) is 0 Å². The molecule has 1 saturated heterocycles. The molecule has 0 amide bonds. The number of hydrogen-bond acceptors (Lipinski definition) is 3. The first-order valence-corrected chi connectivity index (χ1v) is 7.60. The Hall–Kier alpha value is -0.380. The van der Waals surface area contributed by atoms with Gasteiger partial charge >= 0.3 is 0 Å². The van der Waals surface area contributed by atoms with Crippen LogP contribution < -0.4 is 5.32 Å². The van der Waals surface area contributed by atoms with Crippen LogP contribution in [-0.2, 0) is 6.42 Å². The Bertz CT molecular complexity index is 319. The molecule has 2 heterocycles. The summed E-state index contributed by atoms with van der Waals surface area (Å²) >= 11 is 1.79. The maximum Gasteiger partial charge on any atom is 0.0154 e. The van der Waals surface area contributed by atoms with Crippen LogP contribution in [0.5, 0.6) is 0 Å². The minimum atomic E-state index is 0.426. The quantitative estimate of drug-likeness (QED) is 0.783. The topological polar surface area (TPSA) is 15.3 Å². The van der Waals surface area contributed by atoms with Crippen LogP contribution in [0.4, 0.5) is 0 Å². The third-order valence-corrected chi connectivity index (χ3v) is 4.53. The second-order valence-electron chi connectivity index (χ2n) is 5.53. The van der Waals surface area contributed by atoms with E-state index in [2.05, 4.69) is 40.9 Å². The van der Waals surface area contributed by atoms with Gasteiger partial charge in [-0.1, -0.05) is 0 Å². The number of nitrogens with zero attached hydrogens (tertiary/aromatic N) is 1. The van der Waals surface area contributed by atoms with Gasteiger partial charge in [0.05, 0.1) is 0 Å². The van der Waals surface area contributed by atoms with Gasteiger partial charge in [0.1, 0.15) is 0 Å². The zero-order valence-corrected chi connectivity index (χ0v) is 11.9. The third-order valence-electron chi connectivity index (χ3n) is 3.80. The molecule has 0 aliphatic carbocycles. The molecule has 0 aromatic carbocycles. The standard InChI is InChI=1S/C14H24N2S/c1-14(2)6-3-9-16(14)10-8-15-7-4-13-5-11-17-12-13/h5,11-12,15H,3-4,6-10H2,1-2H3. The first-order valence-electron chi connectivity index (χ1n) is 6.65. The summed E-state index contributed by atoms with van der Waals surface area (Å²) < 4.78 is 0. The van der Waals surface area contributed by atoms with E-state index in [-0.39, 0.29) is 0 Å². The van der Waals surface area contributed by atoms with E-state index >= 15 is 0 Å². The van der Waals surface area contributed by atoms with E-state index in [4.69, 9.17) is 0 Å². The fraction of sp³-hybridized carbons (Fsp3) is 0.714. The van der Waals surface area contributed by atoms with Crippen molar-refractivity contribution in [3.8, 4) is 0 Å². The van der Waals surface area contributed by atoms with Gasteiger partial charge in [-0.15, -0.1) is 0 Å². The Morgan fingerprint density at radius 2 is 2.29 bits per heavy atom. The summed E-state index contributed by atoms with van der Waals surface area (Å²) in [5.74, 6) is 0. The summed E-state index contributed by atoms with van der Waals surface area (Å²) in [7, 11) is 0. The highest BCUT2D eigenvalue weighted by molar-refractivity contribution is 7.07. The zero-order chi connectivity index (χ0) is 12.1. The van der Waals surface area contributed by atoms with E-state index in [0.717, 1.165) is 19.5 Å². The largest absolute Gasteiger partial charge is 0.315 e. The van der Waals surface area contributed by atoms with Crippen molar-refractivity contribution in [2.75, 3.05) is 26.2 Å². The van der Waals surface area contributed by atoms with E-state index in [1.54, 1.807) is 11.3 Å². The Morgan fingerprint density at radius 3 is 2.94 bits per heavy atom. The summed E-state index contributed by atoms with van der Waals surface area (Å²) in [4.78, 5) is 2.62. The predicted molar refractivity (Wildman–Crippen MR) is 75.8 cm³/mol. The molecular weight excluding hydrogens is 228 g/mol. The molecule has 1 aliphatic heterocycles. The van der Waals surface area contributed by atoms with Gasteiger partial charge in [0.15, 0.2) is 0 Å². The van der Waals surface area contributed by atoms with Crippen molar-refractivity contribution in [2.24, 2.45) is 0 Å². The summed E-state index contributed by atoms with van der Waals surface area (Å²) in [6.45, 7) is 9.42. The Kier molecular flexibility index (Phi) is 4.60. The van der Waals surface area contributed by atoms with Crippen LogP contribution in [0, 0.1) is 0 Å². The highest BCUT2D eigenvalue weighted by Gasteiger charge is 2.30. The van der Waals surface area contributed by atoms with Crippen molar-refractivity contribution in [3.05, 3.63) is 22.4 Å². The van der Waals surface area contributed by atoms with Gasteiger partial charge in [0, 0.05) is 18.6 Å². The molecule has 0 unspecified atom stereocenters. The number of nitrogens with one attached hydrogen (secondary N) is 1. The summed E-state index contributed by atoms with van der Waals surface area (Å²) in [5.41, 5.74) is 1.89. The van der Waals surface area contributed by atoms with Crippen molar-refractivity contribution < 1.29 is 0 Å². The number of likely N-dealkylation sites (tertiary alicyclic amines) is 1. The number of rotatable bonds is 6. The molecule has 0 spiro atoms. The maximum atomic E-state index is 3.55. The molecule has 96 valence electrons. The molecule has 1 N–H and O–H groups in total. The molecule has 0 bridgehead atoms. The normalized spacial score (nSPS) is 19.9. The highest BCUT2D eigenvalue weighted by atomic mass is 32.1. The van der Waals surface area contributed by atoms with Gasteiger partial charge in [0.2, 0.25) is 0 Å². The molecule has 2 nitrogen and oxygen atoms in total. The lowest BCUT2D eigenvalue weighted by atomic mass is 10.0. The molecule has 0 atom stereocenters. The van der Waals surface area contributed by atoms with E-state index in [0.29, 0.717) is 5.54 Å². The van der Waals surface area contributed by atoms with Gasteiger partial charge in [-0.25, -0.2) is 0 Å². The summed E-state index contributed by atoms with van der Waals surface area (Å²) in [6.07, 6.45) is 3.87. The van der Waals surface area contributed by atoms with E-state index in [1.807, 2.05) is 0 Å². The fourth-order valence-electron chi connectivity index (χ4n) is 2.58. The number of hydrogen-bond donors (Lipinski definition) is 1. The van der Waals surface area contributed by atoms with Crippen LogP contribution in [0.25, 0.3) is 0 Å². The molecule has 17 heavy (non-hydrogen) atoms. The van der Waals surface area contributed by atoms with Gasteiger partial charge < -0.3 is 5.32 Å². The van der Waals surface area contributed by atoms with Crippen molar-refractivity contribution in [3.63, 3.8) is 0 Å². The van der Waals surface area contributed by atoms with Crippen LogP contribution in [0.3, 0.4) is 0 Å². The second kappa shape index (κ2) is 5.98. The zero-order valence-electron chi connectivity index (χ0n) is 11.0. The Balaban J connectivity index is 1.57. The first kappa shape index (κ1) is 13.1. The maximum absolute atomic E-state index is 3.55. The fourth-order valence-corrected chi connectivity index (χ4v) is 3.29. The lowest BCUT2D eigenvalue weighted by Gasteiger charge is -2.31. The Morgan fingerprint density at radius 1 is 1.41 bits per heavy atom. The van der Waals surface area contributed by atoms with Gasteiger partial charge in [-0.2, -0.15) is 11.3 Å². The van der Waals surface area contributed by atoms with Crippen molar-refractivity contribution in [1.29, 1.82) is 0 Å². The van der Waals surface area contributed by atoms with Crippen LogP contribution in [0.1, 0.15) is 32.3 Å². The van der Waals surface area contributed by atoms with Crippen LogP contribution in [-0.4, -0.2) is 36.6 Å². The van der Waals surface area contributed by atoms with Crippen molar-refractivity contribution in [2.45, 2.75) is 38.6 Å². The van der Waals surface area contributed by atoms with E-state index in [1.165, 1.54) is 31.5 Å². The SMILES string of the molecule is CC1(C)CCCN1CCNCCc1ccsc1. The smallest absolute Gasteiger partial charge is 0.0154 e. The molecule has 1 aromatic heterocycles. The minimum absolute atomic E-state index is 0.426. The van der Waals surface area contributed by atoms with E-state index < -0.39 is 0 Å². The van der Waals surface area contributed by atoms with Crippen molar-refractivity contribution >= 4 is 11.3 Å². The lowest BCUT2D eigenvalue weighted by molar-refractivity contribution is 0.176. The molecule has 0 saturated carbocycles. The average Bonchev–Trinajstić information content (AvgIpc) is 2.88. The van der Waals surface area contributed by atoms with Crippen LogP contribution in [0.15, 0.2) is 16.8 Å². The molecule has 3 heteroatoms. The molecule has 0 radical (unpaired) electrons. The van der Waals surface area contributed by atoms with Gasteiger partial charge in [0.25, 0.3) is 0 Å². The molecule has 1 aliphatic rings. The molecule has 1 fully saturated rings. The third kappa shape index (κ3) is 3.80. The number of thiophene rings is 1. The molecule has 1 aromatic rings. The van der Waals surface area contributed by atoms with E-state index in [9.17, 15) is 0 Å². The first-order chi connectivity index (χ1) is 8.18. The minimum Gasteiger partial charge on any atom is -0.315 e. The average molecular weight is 252 g/mol. The summed E-state index contributed by atoms with van der Waals surface area (Å²) in [6, 6.07) is 2.22. The predicted octanol–water partition coefficient (Wildman–Crippen LogP) is 2.75. The molecule has 2 rings (SSSR count). The van der Waals surface area contributed by atoms with Gasteiger partial charge in [-0.05, 0) is 68.6 Å².